The molecule has 0 aliphatic rings. The first kappa shape index (κ1) is 73.4. The van der Waals surface area contributed by atoms with Gasteiger partial charge in [-0.25, -0.2) is 14.4 Å². The zero-order chi connectivity index (χ0) is 74.6. The highest BCUT2D eigenvalue weighted by Gasteiger charge is 2.35. The first-order valence-electron chi connectivity index (χ1n) is 31.3. The van der Waals surface area contributed by atoms with Gasteiger partial charge in [-0.3, -0.25) is 4.79 Å². The molecule has 104 heavy (non-hydrogen) atoms. The number of halogens is 8. The summed E-state index contributed by atoms with van der Waals surface area (Å²) in [6.45, 7) is 3.57. The third-order valence-corrected chi connectivity index (χ3v) is 16.6. The largest absolute Gasteiger partial charge is 0.477 e. The van der Waals surface area contributed by atoms with Crippen LogP contribution in [0.4, 0.5) is 70.1 Å². The molecule has 12 aromatic rings. The maximum absolute atomic E-state index is 13.1. The van der Waals surface area contributed by atoms with Crippen molar-refractivity contribution in [3.8, 4) is 35.3 Å². The molecule has 0 atom stereocenters. The lowest BCUT2D eigenvalue weighted by Crippen LogP contribution is -2.20. The maximum Gasteiger partial charge on any atom is 0.417 e. The number of benzene rings is 9. The highest BCUT2D eigenvalue weighted by atomic mass is 35.5. The van der Waals surface area contributed by atoms with Crippen LogP contribution in [0, 0.1) is 34.0 Å². The van der Waals surface area contributed by atoms with Crippen molar-refractivity contribution in [2.24, 2.45) is 0 Å². The number of carboxylic acids is 1. The van der Waals surface area contributed by atoms with Crippen LogP contribution in [0.25, 0.3) is 68.0 Å². The van der Waals surface area contributed by atoms with Crippen LogP contribution in [0.2, 0.25) is 10.0 Å². The molecule has 0 fully saturated rings. The van der Waals surface area contributed by atoms with Gasteiger partial charge < -0.3 is 50.3 Å². The van der Waals surface area contributed by atoms with E-state index >= 15 is 0 Å². The highest BCUT2D eigenvalue weighted by molar-refractivity contribution is 6.32. The topological polar surface area (TPSA) is 238 Å². The summed E-state index contributed by atoms with van der Waals surface area (Å²) in [5.74, 6) is -1.75. The van der Waals surface area contributed by atoms with E-state index < -0.39 is 63.0 Å². The fraction of sp³-hybridized carbons (Fsp3) is 0.0759. The fourth-order valence-electron chi connectivity index (χ4n) is 10.9. The SMILES string of the molecule is C/C(C#N)=C/c1cn(-c2ccc(N(C)C)cc2)c2ccccc12.C/C(C#N)=C/c1cn(-c2ccc(NC(=O)Nc3ccc(Cl)c(C(F)(F)F)c3)cc2)c2ccccc12.N#C/C(=C\c1cn(-c2ccc(NC(=O)c3ccc(NC(=O)Nc4ccc(Cl)c(C(F)(F)F)c4)cc3)cc2)c2ccccc12)C(=O)O. The van der Waals surface area contributed by atoms with Gasteiger partial charge in [0.1, 0.15) is 11.6 Å². The van der Waals surface area contributed by atoms with Crippen LogP contribution >= 0.6 is 23.2 Å². The van der Waals surface area contributed by atoms with Gasteiger partial charge in [-0.15, -0.1) is 0 Å². The minimum atomic E-state index is -4.68. The number of rotatable bonds is 14. The molecule has 17 nitrogen and oxygen atoms in total. The Balaban J connectivity index is 0.000000177. The second kappa shape index (κ2) is 31.9. The standard InChI is InChI=1S/C33H21ClF3N5O4.C26H18ClF3N4O.C20H19N3/c34-28-14-11-24(16-27(28)33(35,36)37)41-32(46)40-23-7-5-19(6-8-23)30(43)39-22-9-12-25(13-10-22)42-18-21(15-20(17-38)31(44)45)26-3-1-2-4-29(26)42;1-16(14-31)12-17-15-34(24-5-3-2-4-21(17)24)20-9-6-18(7-10-20)32-25(35)33-19-8-11-23(27)22(13-19)26(28,29)30;1-15(13-21)12-16-14-23(20-7-5-4-6-19(16)20)18-10-8-17(9-11-18)22(2)3/h1-16,18H,(H,39,43)(H,44,45)(H2,40,41,46);2-13,15H,1H3,(H2,32,33,35);4-12,14H,1-3H3/b20-15+;16-12-;15-12-. The number of nitrogens with zero attached hydrogens (tertiary/aromatic N) is 7. The number of hydrogen-bond donors (Lipinski definition) is 6. The number of carbonyl (C=O) groups is 4. The number of carboxylic acid groups (broad SMARTS) is 1. The third kappa shape index (κ3) is 17.8. The number of aromatic nitrogens is 3. The number of fused-ring (bicyclic) bond motifs is 3. The molecule has 3 aromatic heterocycles. The Kier molecular flexibility index (Phi) is 22.6. The van der Waals surface area contributed by atoms with Crippen molar-refractivity contribution in [1.82, 2.24) is 13.7 Å². The van der Waals surface area contributed by atoms with Gasteiger partial charge in [-0.1, -0.05) is 77.8 Å². The maximum atomic E-state index is 13.1. The summed E-state index contributed by atoms with van der Waals surface area (Å²) in [6, 6.07) is 62.3. The van der Waals surface area contributed by atoms with Crippen molar-refractivity contribution < 1.29 is 50.6 Å². The zero-order valence-corrected chi connectivity index (χ0v) is 56.8. The Hall–Kier alpha value is -13.3. The molecule has 0 bridgehead atoms. The Morgan fingerprint density at radius 1 is 0.442 bits per heavy atom. The number of hydrogen-bond acceptors (Lipinski definition) is 8. The lowest BCUT2D eigenvalue weighted by molar-refractivity contribution is -0.138. The van der Waals surface area contributed by atoms with Crippen molar-refractivity contribution >= 4 is 132 Å². The third-order valence-electron chi connectivity index (χ3n) is 15.9. The molecule has 0 aliphatic carbocycles. The van der Waals surface area contributed by atoms with Crippen LogP contribution < -0.4 is 31.5 Å². The van der Waals surface area contributed by atoms with E-state index in [1.165, 1.54) is 48.2 Å². The minimum absolute atomic E-state index is 0.0390. The van der Waals surface area contributed by atoms with E-state index in [0.29, 0.717) is 33.8 Å². The van der Waals surface area contributed by atoms with Gasteiger partial charge >= 0.3 is 30.4 Å². The Morgan fingerprint density at radius 3 is 1.12 bits per heavy atom. The summed E-state index contributed by atoms with van der Waals surface area (Å²) < 4.78 is 84.4. The number of urea groups is 2. The van der Waals surface area contributed by atoms with Crippen LogP contribution in [0.15, 0.2) is 242 Å². The molecule has 25 heteroatoms. The molecule has 0 saturated carbocycles. The van der Waals surface area contributed by atoms with Crippen LogP contribution in [0.5, 0.6) is 0 Å². The first-order valence-corrected chi connectivity index (χ1v) is 32.1. The van der Waals surface area contributed by atoms with E-state index in [2.05, 4.69) is 90.8 Å². The average molecular weight is 1440 g/mol. The number of nitrogens with one attached hydrogen (secondary N) is 5. The molecule has 12 rings (SSSR count). The number of amides is 5. The normalized spacial score (nSPS) is 11.6. The highest BCUT2D eigenvalue weighted by Crippen LogP contribution is 2.39. The van der Waals surface area contributed by atoms with Gasteiger partial charge in [-0.05, 0) is 184 Å². The molecule has 9 aromatic carbocycles. The van der Waals surface area contributed by atoms with Crippen molar-refractivity contribution in [2.75, 3.05) is 45.6 Å². The second-order valence-electron chi connectivity index (χ2n) is 23.3. The predicted molar refractivity (Wildman–Crippen MR) is 396 cm³/mol. The molecule has 0 spiro atoms. The van der Waals surface area contributed by atoms with E-state index in [-0.39, 0.29) is 16.9 Å². The lowest BCUT2D eigenvalue weighted by Gasteiger charge is -2.13. The van der Waals surface area contributed by atoms with Crippen molar-refractivity contribution in [1.29, 1.82) is 15.8 Å². The monoisotopic (exact) mass is 1440 g/mol. The van der Waals surface area contributed by atoms with E-state index in [4.69, 9.17) is 33.7 Å². The second-order valence-corrected chi connectivity index (χ2v) is 24.2. The van der Waals surface area contributed by atoms with Gasteiger partial charge in [-0.2, -0.15) is 42.1 Å². The Morgan fingerprint density at radius 2 is 0.769 bits per heavy atom. The Labute approximate surface area is 601 Å². The van der Waals surface area contributed by atoms with Gasteiger partial charge in [0.2, 0.25) is 0 Å². The number of aliphatic carboxylic acids is 1. The van der Waals surface area contributed by atoms with Crippen LogP contribution in [0.3, 0.4) is 0 Å². The zero-order valence-electron chi connectivity index (χ0n) is 55.3. The summed E-state index contributed by atoms with van der Waals surface area (Å²) in [7, 11) is 4.07. The van der Waals surface area contributed by atoms with Crippen LogP contribution in [-0.4, -0.2) is 56.8 Å². The average Bonchev–Trinajstić information content (AvgIpc) is 1.64. The van der Waals surface area contributed by atoms with Crippen molar-refractivity contribution in [3.63, 3.8) is 0 Å². The minimum Gasteiger partial charge on any atom is -0.477 e. The van der Waals surface area contributed by atoms with Gasteiger partial charge in [0, 0.05) is 133 Å². The molecule has 0 saturated heterocycles. The Bertz CT molecular complexity index is 5490. The van der Waals surface area contributed by atoms with E-state index in [1.807, 2.05) is 109 Å². The van der Waals surface area contributed by atoms with Gasteiger partial charge in [0.05, 0.1) is 49.9 Å². The van der Waals surface area contributed by atoms with Gasteiger partial charge in [0.15, 0.2) is 0 Å². The lowest BCUT2D eigenvalue weighted by atomic mass is 10.1. The number of anilines is 6. The molecule has 5 amide bonds. The number of alkyl halides is 6. The summed E-state index contributed by atoms with van der Waals surface area (Å²) in [4.78, 5) is 50.9. The van der Waals surface area contributed by atoms with Gasteiger partial charge in [0.25, 0.3) is 5.91 Å². The number of para-hydroxylation sites is 3. The predicted octanol–water partition coefficient (Wildman–Crippen LogP) is 20.7. The smallest absolute Gasteiger partial charge is 0.417 e. The molecule has 520 valence electrons. The summed E-state index contributed by atoms with van der Waals surface area (Å²) in [6.07, 6.45) is 1.51. The number of nitriles is 3. The quantitative estimate of drug-likeness (QED) is 0.0344. The first-order chi connectivity index (χ1) is 49.7. The van der Waals surface area contributed by atoms with Crippen molar-refractivity contribution in [2.45, 2.75) is 26.2 Å². The molecule has 0 aliphatic heterocycles. The fourth-order valence-corrected chi connectivity index (χ4v) is 11.3. The molecule has 0 unspecified atom stereocenters. The summed E-state index contributed by atoms with van der Waals surface area (Å²) in [5, 5.41) is 51.1. The molecular weight excluding hydrogens is 1380 g/mol. The number of carbonyl (C=O) groups excluding carboxylic acids is 3. The van der Waals surface area contributed by atoms with Crippen molar-refractivity contribution in [3.05, 3.63) is 285 Å². The van der Waals surface area contributed by atoms with E-state index in [0.717, 1.165) is 85.2 Å². The molecule has 0 radical (unpaired) electrons. The van der Waals surface area contributed by atoms with E-state index in [1.54, 1.807) is 67.7 Å². The van der Waals surface area contributed by atoms with Crippen LogP contribution in [-0.2, 0) is 17.1 Å². The summed E-state index contributed by atoms with van der Waals surface area (Å²) >= 11 is 11.2. The summed E-state index contributed by atoms with van der Waals surface area (Å²) in [5.41, 5.74) is 9.40. The molecule has 6 N–H and O–H groups in total. The molecule has 3 heterocycles. The molecular formula is C79H58Cl2F6N12O5. The number of allylic oxidation sites excluding steroid dienone is 2. The van der Waals surface area contributed by atoms with E-state index in [9.17, 15) is 55.9 Å². The van der Waals surface area contributed by atoms with Crippen LogP contribution in [0.1, 0.15) is 52.0 Å².